The molecule has 5 nitrogen and oxygen atoms in total. The second kappa shape index (κ2) is 5.59. The van der Waals surface area contributed by atoms with Crippen molar-refractivity contribution >= 4 is 17.3 Å². The summed E-state index contributed by atoms with van der Waals surface area (Å²) in [6.45, 7) is 2.52. The molecule has 5 heteroatoms. The zero-order valence-corrected chi connectivity index (χ0v) is 12.4. The van der Waals surface area contributed by atoms with E-state index in [1.165, 1.54) is 50.3 Å². The molecule has 2 N–H and O–H groups in total. The topological polar surface area (TPSA) is 91.7 Å². The lowest BCUT2D eigenvalue weighted by Gasteiger charge is -2.39. The van der Waals surface area contributed by atoms with Gasteiger partial charge in [-0.1, -0.05) is 36.5 Å². The molecule has 0 aromatic rings. The highest BCUT2D eigenvalue weighted by Crippen LogP contribution is 2.36. The van der Waals surface area contributed by atoms with Crippen LogP contribution in [-0.4, -0.2) is 38.8 Å². The van der Waals surface area contributed by atoms with Gasteiger partial charge in [0.05, 0.1) is 11.8 Å². The van der Waals surface area contributed by atoms with E-state index >= 15 is 0 Å². The number of carbonyl (C=O) groups excluding carboxylic acids is 3. The Morgan fingerprint density at radius 1 is 0.773 bits per heavy atom. The first kappa shape index (κ1) is 16.3. The molecule has 0 aromatic heterocycles. The van der Waals surface area contributed by atoms with Crippen LogP contribution in [0, 0.1) is 11.8 Å². The summed E-state index contributed by atoms with van der Waals surface area (Å²) in [4.78, 5) is 36.3. The van der Waals surface area contributed by atoms with Gasteiger partial charge in [-0.25, -0.2) is 0 Å². The Morgan fingerprint density at radius 3 is 1.45 bits per heavy atom. The van der Waals surface area contributed by atoms with Crippen LogP contribution in [0.3, 0.4) is 0 Å². The molecule has 2 aliphatic carbocycles. The predicted molar refractivity (Wildman–Crippen MR) is 79.8 cm³/mol. The van der Waals surface area contributed by atoms with Crippen molar-refractivity contribution < 1.29 is 24.6 Å². The number of ketones is 3. The van der Waals surface area contributed by atoms with Gasteiger partial charge in [0.1, 0.15) is 11.6 Å². The maximum absolute atomic E-state index is 12.9. The third kappa shape index (κ3) is 2.42. The molecule has 116 valence electrons. The van der Waals surface area contributed by atoms with Gasteiger partial charge in [-0.2, -0.15) is 0 Å². The Morgan fingerprint density at radius 2 is 1.14 bits per heavy atom. The average Bonchev–Trinajstić information content (AvgIpc) is 2.46. The summed E-state index contributed by atoms with van der Waals surface area (Å²) >= 11 is 0. The van der Waals surface area contributed by atoms with E-state index < -0.39 is 40.4 Å². The van der Waals surface area contributed by atoms with Gasteiger partial charge >= 0.3 is 0 Å². The van der Waals surface area contributed by atoms with Crippen LogP contribution >= 0.6 is 0 Å². The van der Waals surface area contributed by atoms with Crippen LogP contribution in [0.4, 0.5) is 0 Å². The quantitative estimate of drug-likeness (QED) is 0.797. The highest BCUT2D eigenvalue weighted by Gasteiger charge is 2.55. The molecule has 0 saturated heterocycles. The molecule has 0 amide bonds. The van der Waals surface area contributed by atoms with Crippen molar-refractivity contribution in [2.24, 2.45) is 11.8 Å². The summed E-state index contributed by atoms with van der Waals surface area (Å²) in [6.07, 6.45) is 11.2. The third-order valence-corrected chi connectivity index (χ3v) is 4.08. The lowest BCUT2D eigenvalue weighted by Crippen LogP contribution is -2.60. The van der Waals surface area contributed by atoms with E-state index in [4.69, 9.17) is 0 Å². The van der Waals surface area contributed by atoms with Gasteiger partial charge < -0.3 is 10.2 Å². The molecule has 0 fully saturated rings. The van der Waals surface area contributed by atoms with Crippen LogP contribution in [0.2, 0.25) is 0 Å². The van der Waals surface area contributed by atoms with Crippen LogP contribution in [-0.2, 0) is 14.4 Å². The maximum atomic E-state index is 12.9. The highest BCUT2D eigenvalue weighted by molar-refractivity contribution is 6.06. The number of carbonyl (C=O) groups is 3. The lowest BCUT2D eigenvalue weighted by atomic mass is 9.68. The molecule has 4 atom stereocenters. The molecule has 0 aliphatic heterocycles. The number of Topliss-reactive ketones (excluding diaryl/α,β-unsaturated/α-hetero) is 3. The van der Waals surface area contributed by atoms with Crippen molar-refractivity contribution in [2.75, 3.05) is 0 Å². The minimum Gasteiger partial charge on any atom is -0.377 e. The Labute approximate surface area is 128 Å². The van der Waals surface area contributed by atoms with Gasteiger partial charge in [-0.05, 0) is 26.0 Å². The Balaban J connectivity index is 2.49. The summed E-state index contributed by atoms with van der Waals surface area (Å²) in [5.41, 5.74) is -4.36. The van der Waals surface area contributed by atoms with Crippen LogP contribution in [0.5, 0.6) is 0 Å². The largest absolute Gasteiger partial charge is 0.377 e. The van der Waals surface area contributed by atoms with E-state index in [0.29, 0.717) is 0 Å². The fourth-order valence-corrected chi connectivity index (χ4v) is 2.90. The monoisotopic (exact) mass is 302 g/mol. The maximum Gasteiger partial charge on any atom is 0.205 e. The van der Waals surface area contributed by atoms with Gasteiger partial charge in [0.25, 0.3) is 0 Å². The fraction of sp³-hybridized carbons (Fsp3) is 0.353. The van der Waals surface area contributed by atoms with E-state index in [-0.39, 0.29) is 0 Å². The van der Waals surface area contributed by atoms with Crippen molar-refractivity contribution in [3.63, 3.8) is 0 Å². The summed E-state index contributed by atoms with van der Waals surface area (Å²) in [5, 5.41) is 21.5. The van der Waals surface area contributed by atoms with Crippen LogP contribution in [0.1, 0.15) is 13.8 Å². The van der Waals surface area contributed by atoms with E-state index in [2.05, 4.69) is 0 Å². The molecular weight excluding hydrogens is 284 g/mol. The normalized spacial score (nSPS) is 36.4. The van der Waals surface area contributed by atoms with Gasteiger partial charge in [0.2, 0.25) is 5.78 Å². The minimum atomic E-state index is -2.18. The molecule has 4 unspecified atom stereocenters. The molecular formula is C17H18O5. The van der Waals surface area contributed by atoms with Crippen LogP contribution in [0.15, 0.2) is 48.6 Å². The molecule has 0 aromatic carbocycles. The van der Waals surface area contributed by atoms with Crippen molar-refractivity contribution in [1.29, 1.82) is 0 Å². The summed E-state index contributed by atoms with van der Waals surface area (Å²) in [6, 6.07) is 0. The molecule has 0 saturated carbocycles. The zero-order chi connectivity index (χ0) is 16.5. The number of hydrogen-bond donors (Lipinski definition) is 2. The van der Waals surface area contributed by atoms with E-state index in [9.17, 15) is 24.6 Å². The first-order valence-electron chi connectivity index (χ1n) is 6.96. The number of rotatable bonds is 4. The van der Waals surface area contributed by atoms with Gasteiger partial charge in [-0.15, -0.1) is 0 Å². The molecule has 22 heavy (non-hydrogen) atoms. The SMILES string of the molecule is CC(=O)C1C=CC=CC1(O)C(=O)C1(O)C=CC=CC1C(C)=O. The second-order valence-electron chi connectivity index (χ2n) is 5.64. The Bertz CT molecular complexity index is 585. The second-order valence-corrected chi connectivity index (χ2v) is 5.64. The molecule has 0 radical (unpaired) electrons. The Kier molecular flexibility index (Phi) is 4.13. The number of aliphatic hydroxyl groups is 2. The predicted octanol–water partition coefficient (Wildman–Crippen LogP) is 0.680. The van der Waals surface area contributed by atoms with Crippen LogP contribution < -0.4 is 0 Å². The third-order valence-electron chi connectivity index (χ3n) is 4.08. The molecule has 2 aliphatic rings. The van der Waals surface area contributed by atoms with Crippen molar-refractivity contribution in [3.8, 4) is 0 Å². The summed E-state index contributed by atoms with van der Waals surface area (Å²) in [7, 11) is 0. The van der Waals surface area contributed by atoms with Crippen molar-refractivity contribution in [3.05, 3.63) is 48.6 Å². The Hall–Kier alpha value is -2.11. The van der Waals surface area contributed by atoms with E-state index in [1.54, 1.807) is 12.2 Å². The van der Waals surface area contributed by atoms with Crippen molar-refractivity contribution in [1.82, 2.24) is 0 Å². The number of allylic oxidation sites excluding steroid dienone is 4. The first-order chi connectivity index (χ1) is 10.2. The molecule has 0 bridgehead atoms. The van der Waals surface area contributed by atoms with Crippen molar-refractivity contribution in [2.45, 2.75) is 25.0 Å². The molecule has 2 rings (SSSR count). The molecule has 0 heterocycles. The van der Waals surface area contributed by atoms with Gasteiger partial charge in [0.15, 0.2) is 11.2 Å². The minimum absolute atomic E-state index is 0.408. The van der Waals surface area contributed by atoms with Gasteiger partial charge in [0, 0.05) is 0 Å². The number of hydrogen-bond acceptors (Lipinski definition) is 5. The smallest absolute Gasteiger partial charge is 0.205 e. The zero-order valence-electron chi connectivity index (χ0n) is 12.4. The molecule has 0 spiro atoms. The van der Waals surface area contributed by atoms with Gasteiger partial charge in [-0.3, -0.25) is 14.4 Å². The fourth-order valence-electron chi connectivity index (χ4n) is 2.90. The first-order valence-corrected chi connectivity index (χ1v) is 6.96. The average molecular weight is 302 g/mol. The standard InChI is InChI=1S/C17H18O5/c1-11(18)13-7-3-5-9-16(13,21)15(20)17(22)10-6-4-8-14(17)12(2)19/h3-10,13-14,21-22H,1-2H3. The van der Waals surface area contributed by atoms with Crippen LogP contribution in [0.25, 0.3) is 0 Å². The summed E-state index contributed by atoms with van der Waals surface area (Å²) < 4.78 is 0. The van der Waals surface area contributed by atoms with E-state index in [0.717, 1.165) is 0 Å². The summed E-state index contributed by atoms with van der Waals surface area (Å²) in [5.74, 6) is -3.99. The lowest BCUT2D eigenvalue weighted by molar-refractivity contribution is -0.159. The highest BCUT2D eigenvalue weighted by atomic mass is 16.3. The van der Waals surface area contributed by atoms with E-state index in [1.807, 2.05) is 0 Å².